The van der Waals surface area contributed by atoms with Gasteiger partial charge in [-0.1, -0.05) is 0 Å². The summed E-state index contributed by atoms with van der Waals surface area (Å²) < 4.78 is 21.5. The highest BCUT2D eigenvalue weighted by Gasteiger charge is 1.75. The van der Waals surface area contributed by atoms with E-state index in [0.717, 1.165) is 0 Å². The standard InChI is InChI=1S/C3H6F2/c4-2-1-3-5/h1-3H2. The van der Waals surface area contributed by atoms with Crippen molar-refractivity contribution in [2.45, 2.75) is 6.42 Å². The zero-order valence-electron chi connectivity index (χ0n) is 2.88. The summed E-state index contributed by atoms with van der Waals surface area (Å²) in [6, 6.07) is 0. The van der Waals surface area contributed by atoms with Gasteiger partial charge in [0.05, 0.1) is 13.3 Å². The van der Waals surface area contributed by atoms with Gasteiger partial charge in [0, 0.05) is 6.42 Å². The Morgan fingerprint density at radius 3 is 1.40 bits per heavy atom. The molecule has 0 aliphatic heterocycles. The van der Waals surface area contributed by atoms with Gasteiger partial charge in [-0.2, -0.15) is 0 Å². The molecule has 0 fully saturated rings. The van der Waals surface area contributed by atoms with E-state index in [-0.39, 0.29) is 6.42 Å². The Bertz CT molecular complexity index is 12.4. The lowest BCUT2D eigenvalue weighted by atomic mass is 10.5. The van der Waals surface area contributed by atoms with E-state index in [1.165, 1.54) is 0 Å². The molecule has 0 aromatic rings. The van der Waals surface area contributed by atoms with E-state index in [1.807, 2.05) is 0 Å². The van der Waals surface area contributed by atoms with Crippen LogP contribution >= 0.6 is 0 Å². The molecule has 0 atom stereocenters. The number of hydrogen-bond donors (Lipinski definition) is 0. The molecular formula is C3H6F2. The first-order valence-corrected chi connectivity index (χ1v) is 1.53. The minimum absolute atomic E-state index is 0.0556. The summed E-state index contributed by atoms with van der Waals surface area (Å²) in [5, 5.41) is 0. The highest BCUT2D eigenvalue weighted by molar-refractivity contribution is 4.23. The molecule has 0 unspecified atom stereocenters. The molecule has 32 valence electrons. The highest BCUT2D eigenvalue weighted by atomic mass is 19.1. The zero-order chi connectivity index (χ0) is 4.12. The third kappa shape index (κ3) is 3.86. The molecule has 0 aromatic heterocycles. The molecule has 0 heterocycles. The average Bonchev–Trinajstić information content (AvgIpc) is 1.41. The van der Waals surface area contributed by atoms with Crippen LogP contribution in [0.1, 0.15) is 6.42 Å². The summed E-state index contributed by atoms with van der Waals surface area (Å²) in [5.74, 6) is 0. The molecule has 0 saturated carbocycles. The third-order valence-electron chi connectivity index (χ3n) is 0.267. The lowest BCUT2D eigenvalue weighted by Gasteiger charge is -1.73. The average molecular weight is 80.1 g/mol. The number of rotatable bonds is 2. The maximum absolute atomic E-state index is 10.8. The van der Waals surface area contributed by atoms with Crippen molar-refractivity contribution in [3.63, 3.8) is 0 Å². The van der Waals surface area contributed by atoms with Gasteiger partial charge in [-0.05, 0) is 0 Å². The van der Waals surface area contributed by atoms with Gasteiger partial charge in [0.2, 0.25) is 0 Å². The molecular weight excluding hydrogens is 74.0 g/mol. The van der Waals surface area contributed by atoms with Gasteiger partial charge in [-0.15, -0.1) is 0 Å². The molecule has 0 nitrogen and oxygen atoms in total. The molecule has 0 rings (SSSR count). The zero-order valence-corrected chi connectivity index (χ0v) is 2.88. The van der Waals surface area contributed by atoms with Crippen molar-refractivity contribution in [1.29, 1.82) is 0 Å². The quantitative estimate of drug-likeness (QED) is 0.469. The highest BCUT2D eigenvalue weighted by Crippen LogP contribution is 1.77. The summed E-state index contributed by atoms with van der Waals surface area (Å²) in [6.07, 6.45) is 0.0556. The Labute approximate surface area is 29.8 Å². The van der Waals surface area contributed by atoms with Crippen LogP contribution in [0.4, 0.5) is 8.78 Å². The fraction of sp³-hybridized carbons (Fsp3) is 1.00. The Morgan fingerprint density at radius 2 is 1.40 bits per heavy atom. The van der Waals surface area contributed by atoms with E-state index in [9.17, 15) is 8.78 Å². The number of halogens is 2. The fourth-order valence-corrected chi connectivity index (χ4v) is 0.0505. The van der Waals surface area contributed by atoms with Crippen molar-refractivity contribution >= 4 is 0 Å². The van der Waals surface area contributed by atoms with E-state index >= 15 is 0 Å². The molecule has 0 radical (unpaired) electrons. The minimum Gasteiger partial charge on any atom is -0.251 e. The molecule has 0 N–H and O–H groups in total. The van der Waals surface area contributed by atoms with Crippen molar-refractivity contribution in [1.82, 2.24) is 0 Å². The van der Waals surface area contributed by atoms with Crippen LogP contribution in [-0.4, -0.2) is 13.3 Å². The molecule has 0 amide bonds. The summed E-state index contributed by atoms with van der Waals surface area (Å²) in [7, 11) is 0. The van der Waals surface area contributed by atoms with Gasteiger partial charge >= 0.3 is 0 Å². The van der Waals surface area contributed by atoms with Gasteiger partial charge in [0.25, 0.3) is 0 Å². The number of hydrogen-bond acceptors (Lipinski definition) is 0. The van der Waals surface area contributed by atoms with Gasteiger partial charge in [-0.3, -0.25) is 8.78 Å². The third-order valence-corrected chi connectivity index (χ3v) is 0.267. The first-order chi connectivity index (χ1) is 2.41. The number of alkyl halides is 2. The molecule has 0 spiro atoms. The van der Waals surface area contributed by atoms with E-state index in [4.69, 9.17) is 0 Å². The molecule has 0 aliphatic carbocycles. The van der Waals surface area contributed by atoms with Crippen LogP contribution in [0, 0.1) is 0 Å². The second-order valence-electron chi connectivity index (χ2n) is 0.732. The molecule has 0 aliphatic rings. The normalized spacial score (nSPS) is 8.40. The maximum Gasteiger partial charge on any atom is 0.0919 e. The summed E-state index contributed by atoms with van der Waals surface area (Å²) >= 11 is 0. The Hall–Kier alpha value is -0.140. The van der Waals surface area contributed by atoms with Crippen LogP contribution in [0.25, 0.3) is 0 Å². The lowest BCUT2D eigenvalue weighted by Crippen LogP contribution is -1.73. The van der Waals surface area contributed by atoms with Crippen LogP contribution in [0.15, 0.2) is 0 Å². The fourth-order valence-electron chi connectivity index (χ4n) is 0.0505. The van der Waals surface area contributed by atoms with Crippen molar-refractivity contribution in [2.24, 2.45) is 0 Å². The van der Waals surface area contributed by atoms with Gasteiger partial charge in [0.1, 0.15) is 0 Å². The smallest absolute Gasteiger partial charge is 0.0919 e. The van der Waals surface area contributed by atoms with E-state index in [2.05, 4.69) is 0 Å². The van der Waals surface area contributed by atoms with Crippen LogP contribution < -0.4 is 0 Å². The van der Waals surface area contributed by atoms with Crippen molar-refractivity contribution in [3.05, 3.63) is 0 Å². The minimum atomic E-state index is -0.531. The molecule has 0 saturated heterocycles. The monoisotopic (exact) mass is 80.0 g/mol. The predicted octanol–water partition coefficient (Wildman–Crippen LogP) is 1.32. The van der Waals surface area contributed by atoms with E-state index < -0.39 is 13.3 Å². The molecule has 0 aromatic carbocycles. The van der Waals surface area contributed by atoms with Gasteiger partial charge < -0.3 is 0 Å². The largest absolute Gasteiger partial charge is 0.251 e. The van der Waals surface area contributed by atoms with Crippen molar-refractivity contribution < 1.29 is 8.78 Å². The Kier molecular flexibility index (Phi) is 3.75. The summed E-state index contributed by atoms with van der Waals surface area (Å²) in [4.78, 5) is 0. The maximum atomic E-state index is 10.8. The van der Waals surface area contributed by atoms with E-state index in [0.29, 0.717) is 0 Å². The molecule has 0 bridgehead atoms. The van der Waals surface area contributed by atoms with Gasteiger partial charge in [0.15, 0.2) is 0 Å². The van der Waals surface area contributed by atoms with Crippen LogP contribution in [-0.2, 0) is 0 Å². The van der Waals surface area contributed by atoms with Crippen molar-refractivity contribution in [3.8, 4) is 0 Å². The summed E-state index contributed by atoms with van der Waals surface area (Å²) in [6.45, 7) is -1.06. The Morgan fingerprint density at radius 1 is 1.00 bits per heavy atom. The predicted molar refractivity (Wildman–Crippen MR) is 16.6 cm³/mol. The molecule has 2 heteroatoms. The SMILES string of the molecule is FCCCF. The first-order valence-electron chi connectivity index (χ1n) is 1.53. The van der Waals surface area contributed by atoms with Crippen LogP contribution in [0.3, 0.4) is 0 Å². The first kappa shape index (κ1) is 4.86. The van der Waals surface area contributed by atoms with Crippen molar-refractivity contribution in [2.75, 3.05) is 13.3 Å². The summed E-state index contributed by atoms with van der Waals surface area (Å²) in [5.41, 5.74) is 0. The topological polar surface area (TPSA) is 0 Å². The van der Waals surface area contributed by atoms with Gasteiger partial charge in [-0.25, -0.2) is 0 Å². The second-order valence-corrected chi connectivity index (χ2v) is 0.732. The molecule has 5 heavy (non-hydrogen) atoms. The van der Waals surface area contributed by atoms with E-state index in [1.54, 1.807) is 0 Å². The lowest BCUT2D eigenvalue weighted by molar-refractivity contribution is 0.398. The Balaban J connectivity index is 2.19. The van der Waals surface area contributed by atoms with Crippen LogP contribution in [0.5, 0.6) is 0 Å². The van der Waals surface area contributed by atoms with Crippen LogP contribution in [0.2, 0.25) is 0 Å². The second kappa shape index (κ2) is 3.86.